The largest absolute Gasteiger partial charge is 0.472 e. The first-order chi connectivity index (χ1) is 36.4. The van der Waals surface area contributed by atoms with E-state index < -0.39 is 20.0 Å². The van der Waals surface area contributed by atoms with Crippen LogP contribution < -0.4 is 5.32 Å². The number of nitrogens with one attached hydrogen (secondary N) is 1. The molecule has 0 heterocycles. The molecule has 0 saturated carbocycles. The minimum absolute atomic E-state index is 0.0374. The standard InChI is InChI=1S/C65H121N2O7P/c1-7-10-13-16-19-22-25-28-30-31-32-33-34-35-37-40-43-46-49-52-55-58-65(69)74-63(56-53-50-47-44-41-38-27-24-21-18-15-12-9-3)62(61-73-75(70,71)72-60-59-67(4,5)6)66-64(68)57-54-51-48-45-42-39-36-29-26-23-20-17-14-11-8-2/h19,22-23,26,28,30,32-33,53,56,62-63H,7-18,20-21,24-25,27,29,31,34-52,54-55,57-61H2,1-6H3,(H-,66,68,70,71)/p+1/b22-19-,26-23-,30-28-,33-32-,56-53-. The Kier molecular flexibility index (Phi) is 53.4. The lowest BCUT2D eigenvalue weighted by atomic mass is 10.0. The van der Waals surface area contributed by atoms with E-state index in [-0.39, 0.29) is 31.5 Å². The van der Waals surface area contributed by atoms with Gasteiger partial charge >= 0.3 is 13.8 Å². The Morgan fingerprint density at radius 2 is 0.813 bits per heavy atom. The monoisotopic (exact) mass is 1070 g/mol. The van der Waals surface area contributed by atoms with Gasteiger partial charge < -0.3 is 19.4 Å². The van der Waals surface area contributed by atoms with Crippen molar-refractivity contribution in [3.8, 4) is 0 Å². The van der Waals surface area contributed by atoms with Gasteiger partial charge in [0.05, 0.1) is 33.8 Å². The number of likely N-dealkylation sites (N-methyl/N-ethyl adjacent to an activating group) is 1. The molecule has 0 saturated heterocycles. The van der Waals surface area contributed by atoms with E-state index >= 15 is 0 Å². The maximum absolute atomic E-state index is 13.5. The molecule has 0 bridgehead atoms. The molecule has 0 spiro atoms. The summed E-state index contributed by atoms with van der Waals surface area (Å²) in [6.45, 7) is 6.98. The van der Waals surface area contributed by atoms with Crippen LogP contribution in [0.4, 0.5) is 0 Å². The van der Waals surface area contributed by atoms with Crippen LogP contribution in [0.3, 0.4) is 0 Å². The molecule has 0 fully saturated rings. The van der Waals surface area contributed by atoms with Gasteiger partial charge in [-0.1, -0.05) is 242 Å². The minimum atomic E-state index is -4.45. The van der Waals surface area contributed by atoms with Crippen LogP contribution in [-0.2, 0) is 27.9 Å². The van der Waals surface area contributed by atoms with Gasteiger partial charge in [-0.15, -0.1) is 0 Å². The smallest absolute Gasteiger partial charge is 0.456 e. The molecule has 0 aliphatic heterocycles. The number of phosphoric ester groups is 1. The Labute approximate surface area is 464 Å². The number of rotatable bonds is 57. The van der Waals surface area contributed by atoms with E-state index in [2.05, 4.69) is 74.7 Å². The molecular weight excluding hydrogens is 952 g/mol. The zero-order valence-corrected chi connectivity index (χ0v) is 50.9. The maximum Gasteiger partial charge on any atom is 0.472 e. The number of hydrogen-bond donors (Lipinski definition) is 2. The molecule has 3 atom stereocenters. The third kappa shape index (κ3) is 56.2. The summed E-state index contributed by atoms with van der Waals surface area (Å²) in [6, 6.07) is -0.854. The zero-order chi connectivity index (χ0) is 55.0. The number of quaternary nitrogens is 1. The Morgan fingerprint density at radius 1 is 0.467 bits per heavy atom. The topological polar surface area (TPSA) is 111 Å². The summed E-state index contributed by atoms with van der Waals surface area (Å²) in [5.74, 6) is -0.513. The molecule has 0 radical (unpaired) electrons. The number of nitrogens with zero attached hydrogens (tertiary/aromatic N) is 1. The van der Waals surface area contributed by atoms with Crippen LogP contribution in [0.15, 0.2) is 60.8 Å². The van der Waals surface area contributed by atoms with Gasteiger partial charge in [-0.05, 0) is 96.0 Å². The van der Waals surface area contributed by atoms with E-state index in [0.717, 1.165) is 96.3 Å². The Hall–Kier alpha value is -2.29. The molecule has 10 heteroatoms. The van der Waals surface area contributed by atoms with E-state index in [1.165, 1.54) is 161 Å². The van der Waals surface area contributed by atoms with Crippen LogP contribution in [0, 0.1) is 0 Å². The van der Waals surface area contributed by atoms with Crippen LogP contribution >= 0.6 is 7.82 Å². The fourth-order valence-electron chi connectivity index (χ4n) is 9.00. The molecule has 3 unspecified atom stereocenters. The second kappa shape index (κ2) is 55.0. The molecule has 0 rings (SSSR count). The summed E-state index contributed by atoms with van der Waals surface area (Å²) in [4.78, 5) is 37.7. The van der Waals surface area contributed by atoms with Crippen molar-refractivity contribution in [3.05, 3.63) is 60.8 Å². The summed E-state index contributed by atoms with van der Waals surface area (Å²) in [5.41, 5.74) is 0. The fourth-order valence-corrected chi connectivity index (χ4v) is 9.74. The van der Waals surface area contributed by atoms with Crippen molar-refractivity contribution in [2.45, 2.75) is 303 Å². The Bertz CT molecular complexity index is 1470. The van der Waals surface area contributed by atoms with Crippen molar-refractivity contribution in [3.63, 3.8) is 0 Å². The number of carbonyl (C=O) groups excluding carboxylic acids is 2. The highest BCUT2D eigenvalue weighted by atomic mass is 31.2. The first kappa shape index (κ1) is 72.7. The second-order valence-electron chi connectivity index (χ2n) is 22.6. The molecule has 438 valence electrons. The first-order valence-corrected chi connectivity index (χ1v) is 33.1. The van der Waals surface area contributed by atoms with Gasteiger partial charge in [0.1, 0.15) is 19.3 Å². The normalized spacial score (nSPS) is 14.1. The maximum atomic E-state index is 13.5. The van der Waals surface area contributed by atoms with E-state index in [1.807, 2.05) is 33.3 Å². The number of amides is 1. The third-order valence-electron chi connectivity index (χ3n) is 13.9. The molecular formula is C65H122N2O7P+. The highest BCUT2D eigenvalue weighted by Crippen LogP contribution is 2.43. The molecule has 75 heavy (non-hydrogen) atoms. The SMILES string of the molecule is CCCCC/C=C\C/C=C\C/C=C\CCCCCCCCCCC(=O)OC(/C=C\CCCCCCCCCCCCC)C(COP(=O)(O)OCC[N+](C)(C)C)NC(=O)CCCCCCCCC/C=C\CCCCCC. The van der Waals surface area contributed by atoms with E-state index in [0.29, 0.717) is 17.4 Å². The van der Waals surface area contributed by atoms with Gasteiger partial charge in [-0.25, -0.2) is 4.57 Å². The second-order valence-corrected chi connectivity index (χ2v) is 24.0. The number of phosphoric acid groups is 1. The number of allylic oxidation sites excluding steroid dienone is 9. The fraction of sp³-hybridized carbons (Fsp3) is 0.815. The highest BCUT2D eigenvalue weighted by molar-refractivity contribution is 7.47. The number of hydrogen-bond acceptors (Lipinski definition) is 6. The predicted octanol–water partition coefficient (Wildman–Crippen LogP) is 19.4. The van der Waals surface area contributed by atoms with Crippen molar-refractivity contribution < 1.29 is 37.3 Å². The van der Waals surface area contributed by atoms with Gasteiger partial charge in [0.2, 0.25) is 5.91 Å². The highest BCUT2D eigenvalue weighted by Gasteiger charge is 2.30. The molecule has 0 aliphatic carbocycles. The van der Waals surface area contributed by atoms with Crippen molar-refractivity contribution in [1.29, 1.82) is 0 Å². The molecule has 1 amide bonds. The van der Waals surface area contributed by atoms with Crippen LogP contribution in [-0.4, -0.2) is 74.3 Å². The molecule has 0 aromatic rings. The van der Waals surface area contributed by atoms with Crippen molar-refractivity contribution in [1.82, 2.24) is 5.32 Å². The van der Waals surface area contributed by atoms with E-state index in [9.17, 15) is 19.0 Å². The zero-order valence-electron chi connectivity index (χ0n) is 50.0. The number of carbonyl (C=O) groups is 2. The van der Waals surface area contributed by atoms with Gasteiger partial charge in [0.15, 0.2) is 0 Å². The average Bonchev–Trinajstić information content (AvgIpc) is 3.37. The summed E-state index contributed by atoms with van der Waals surface area (Å²) >= 11 is 0. The lowest BCUT2D eigenvalue weighted by molar-refractivity contribution is -0.870. The van der Waals surface area contributed by atoms with Crippen molar-refractivity contribution >= 4 is 19.7 Å². The molecule has 0 aromatic carbocycles. The summed E-state index contributed by atoms with van der Waals surface area (Å²) in [6.07, 6.45) is 69.2. The van der Waals surface area contributed by atoms with Gasteiger partial charge in [-0.2, -0.15) is 0 Å². The van der Waals surface area contributed by atoms with Gasteiger partial charge in [-0.3, -0.25) is 18.6 Å². The lowest BCUT2D eigenvalue weighted by Gasteiger charge is -2.27. The van der Waals surface area contributed by atoms with Crippen molar-refractivity contribution in [2.24, 2.45) is 0 Å². The van der Waals surface area contributed by atoms with Gasteiger partial charge in [0, 0.05) is 12.8 Å². The summed E-state index contributed by atoms with van der Waals surface area (Å²) in [5, 5.41) is 3.06. The summed E-state index contributed by atoms with van der Waals surface area (Å²) in [7, 11) is 1.49. The van der Waals surface area contributed by atoms with Crippen LogP contribution in [0.5, 0.6) is 0 Å². The van der Waals surface area contributed by atoms with Crippen LogP contribution in [0.2, 0.25) is 0 Å². The lowest BCUT2D eigenvalue weighted by Crippen LogP contribution is -2.47. The molecule has 9 nitrogen and oxygen atoms in total. The van der Waals surface area contributed by atoms with Crippen molar-refractivity contribution in [2.75, 3.05) is 40.9 Å². The minimum Gasteiger partial charge on any atom is -0.456 e. The average molecular weight is 1070 g/mol. The predicted molar refractivity (Wildman–Crippen MR) is 323 cm³/mol. The molecule has 0 aromatic heterocycles. The van der Waals surface area contributed by atoms with Crippen LogP contribution in [0.1, 0.15) is 290 Å². The Balaban J connectivity index is 5.27. The summed E-state index contributed by atoms with van der Waals surface area (Å²) < 4.78 is 30.7. The van der Waals surface area contributed by atoms with E-state index in [4.69, 9.17) is 13.8 Å². The number of esters is 1. The van der Waals surface area contributed by atoms with Gasteiger partial charge in [0.25, 0.3) is 0 Å². The molecule has 0 aliphatic rings. The van der Waals surface area contributed by atoms with Crippen LogP contribution in [0.25, 0.3) is 0 Å². The third-order valence-corrected chi connectivity index (χ3v) is 14.9. The molecule has 2 N–H and O–H groups in total. The quantitative estimate of drug-likeness (QED) is 0.0205. The Morgan fingerprint density at radius 3 is 1.27 bits per heavy atom. The van der Waals surface area contributed by atoms with E-state index in [1.54, 1.807) is 0 Å². The number of unbranched alkanes of at least 4 members (excludes halogenated alkanes) is 33. The first-order valence-electron chi connectivity index (χ1n) is 31.6. The number of ether oxygens (including phenoxy) is 1.